The minimum absolute atomic E-state index is 0.493. The largest absolute Gasteiger partial charge is 0.357 e. The smallest absolute Gasteiger partial charge is 0.191 e. The minimum Gasteiger partial charge on any atom is -0.357 e. The van der Waals surface area contributed by atoms with E-state index in [4.69, 9.17) is 0 Å². The van der Waals surface area contributed by atoms with Crippen LogP contribution in [-0.4, -0.2) is 33.6 Å². The zero-order chi connectivity index (χ0) is 17.8. The first kappa shape index (κ1) is 16.6. The minimum atomic E-state index is 0.493. The number of guanidine groups is 1. The summed E-state index contributed by atoms with van der Waals surface area (Å²) in [5.41, 5.74) is 2.29. The highest BCUT2D eigenvalue weighted by atomic mass is 15.3. The number of aromatic nitrogens is 3. The number of nitrogens with zero attached hydrogens (tertiary/aromatic N) is 4. The summed E-state index contributed by atoms with van der Waals surface area (Å²) in [4.78, 5) is 4.67. The van der Waals surface area contributed by atoms with Gasteiger partial charge >= 0.3 is 0 Å². The maximum Gasteiger partial charge on any atom is 0.191 e. The van der Waals surface area contributed by atoms with Gasteiger partial charge in [-0.1, -0.05) is 36.4 Å². The van der Waals surface area contributed by atoms with Crippen LogP contribution in [0.15, 0.2) is 59.7 Å². The summed E-state index contributed by atoms with van der Waals surface area (Å²) in [6.07, 6.45) is 3.21. The third kappa shape index (κ3) is 3.69. The fourth-order valence-electron chi connectivity index (χ4n) is 3.30. The van der Waals surface area contributed by atoms with Crippen molar-refractivity contribution in [1.29, 1.82) is 0 Å². The van der Waals surface area contributed by atoms with E-state index in [0.29, 0.717) is 18.4 Å². The van der Waals surface area contributed by atoms with Gasteiger partial charge in [0.1, 0.15) is 6.54 Å². The Morgan fingerprint density at radius 3 is 2.81 bits per heavy atom. The number of aliphatic imine (C=N–C) groups is 1. The van der Waals surface area contributed by atoms with E-state index in [0.717, 1.165) is 30.5 Å². The summed E-state index contributed by atoms with van der Waals surface area (Å²) in [6.45, 7) is 4.34. The van der Waals surface area contributed by atoms with Crippen molar-refractivity contribution in [2.75, 3.05) is 13.1 Å². The van der Waals surface area contributed by atoms with Crippen molar-refractivity contribution in [1.82, 2.24) is 25.2 Å². The molecule has 0 amide bonds. The van der Waals surface area contributed by atoms with E-state index < -0.39 is 0 Å². The molecule has 0 spiro atoms. The van der Waals surface area contributed by atoms with E-state index in [-0.39, 0.29) is 0 Å². The van der Waals surface area contributed by atoms with Crippen molar-refractivity contribution in [3.05, 3.63) is 66.1 Å². The molecular weight excluding hydrogens is 324 g/mol. The number of pyridine rings is 1. The van der Waals surface area contributed by atoms with Crippen LogP contribution in [0.5, 0.6) is 0 Å². The Kier molecular flexibility index (Phi) is 4.82. The van der Waals surface area contributed by atoms with Crippen molar-refractivity contribution in [3.63, 3.8) is 0 Å². The van der Waals surface area contributed by atoms with Crippen LogP contribution in [0.4, 0.5) is 0 Å². The fraction of sp³-hybridized carbons (Fsp3) is 0.350. The lowest BCUT2D eigenvalue weighted by molar-refractivity contribution is 0.718. The van der Waals surface area contributed by atoms with Crippen LogP contribution in [0.1, 0.15) is 30.7 Å². The Hall–Kier alpha value is -2.89. The van der Waals surface area contributed by atoms with E-state index in [1.54, 1.807) is 0 Å². The summed E-state index contributed by atoms with van der Waals surface area (Å²) in [5, 5.41) is 15.2. The Labute approximate surface area is 153 Å². The highest BCUT2D eigenvalue weighted by molar-refractivity contribution is 5.79. The molecule has 134 valence electrons. The first-order valence-corrected chi connectivity index (χ1v) is 9.21. The van der Waals surface area contributed by atoms with Crippen molar-refractivity contribution < 1.29 is 0 Å². The number of nitrogens with one attached hydrogen (secondary N) is 2. The Morgan fingerprint density at radius 1 is 1.12 bits per heavy atom. The van der Waals surface area contributed by atoms with Gasteiger partial charge in [-0.3, -0.25) is 4.40 Å². The highest BCUT2D eigenvalue weighted by Crippen LogP contribution is 2.46. The van der Waals surface area contributed by atoms with E-state index >= 15 is 0 Å². The van der Waals surface area contributed by atoms with Gasteiger partial charge < -0.3 is 10.6 Å². The van der Waals surface area contributed by atoms with Crippen LogP contribution < -0.4 is 10.6 Å². The van der Waals surface area contributed by atoms with Crippen LogP contribution in [0.25, 0.3) is 5.65 Å². The summed E-state index contributed by atoms with van der Waals surface area (Å²) in [7, 11) is 0. The normalized spacial score (nSPS) is 19.5. The zero-order valence-electron chi connectivity index (χ0n) is 15.0. The lowest BCUT2D eigenvalue weighted by atomic mass is 10.1. The van der Waals surface area contributed by atoms with E-state index in [1.807, 2.05) is 28.8 Å². The van der Waals surface area contributed by atoms with E-state index in [2.05, 4.69) is 63.1 Å². The van der Waals surface area contributed by atoms with Gasteiger partial charge in [0.2, 0.25) is 0 Å². The third-order valence-electron chi connectivity index (χ3n) is 4.79. The molecule has 1 aliphatic carbocycles. The van der Waals surface area contributed by atoms with Crippen molar-refractivity contribution in [3.8, 4) is 0 Å². The standard InChI is InChI=1S/C20H24N6/c1-2-21-20(22-13-16-12-17(16)15-8-4-3-5-9-15)23-14-19-25-24-18-10-6-7-11-26(18)19/h3-11,16-17H,2,12-14H2,1H3,(H2,21,22,23). The van der Waals surface area contributed by atoms with Crippen LogP contribution in [0.3, 0.4) is 0 Å². The zero-order valence-corrected chi connectivity index (χ0v) is 15.0. The number of hydrogen-bond donors (Lipinski definition) is 2. The van der Waals surface area contributed by atoms with Gasteiger partial charge in [0.15, 0.2) is 17.4 Å². The molecule has 1 saturated carbocycles. The quantitative estimate of drug-likeness (QED) is 0.531. The number of fused-ring (bicyclic) bond motifs is 1. The first-order chi connectivity index (χ1) is 12.8. The van der Waals surface area contributed by atoms with Gasteiger partial charge in [0.25, 0.3) is 0 Å². The van der Waals surface area contributed by atoms with Gasteiger partial charge in [-0.2, -0.15) is 0 Å². The molecule has 2 heterocycles. The Balaban J connectivity index is 1.36. The van der Waals surface area contributed by atoms with Gasteiger partial charge in [0, 0.05) is 19.3 Å². The molecule has 1 aromatic carbocycles. The van der Waals surface area contributed by atoms with E-state index in [9.17, 15) is 0 Å². The van der Waals surface area contributed by atoms with Crippen LogP contribution in [0, 0.1) is 5.92 Å². The van der Waals surface area contributed by atoms with Crippen LogP contribution in [-0.2, 0) is 6.54 Å². The molecule has 4 rings (SSSR count). The molecule has 1 aliphatic rings. The number of rotatable bonds is 6. The molecule has 0 radical (unpaired) electrons. The first-order valence-electron chi connectivity index (χ1n) is 9.21. The maximum absolute atomic E-state index is 4.67. The predicted molar refractivity (Wildman–Crippen MR) is 103 cm³/mol. The molecule has 2 unspecified atom stereocenters. The molecule has 2 N–H and O–H groups in total. The monoisotopic (exact) mass is 348 g/mol. The Bertz CT molecular complexity index is 885. The molecule has 0 bridgehead atoms. The lowest BCUT2D eigenvalue weighted by Gasteiger charge is -2.11. The second-order valence-corrected chi connectivity index (χ2v) is 6.63. The predicted octanol–water partition coefficient (Wildman–Crippen LogP) is 2.59. The number of hydrogen-bond acceptors (Lipinski definition) is 3. The van der Waals surface area contributed by atoms with Crippen LogP contribution in [0.2, 0.25) is 0 Å². The average Bonchev–Trinajstić information content (AvgIpc) is 3.36. The third-order valence-corrected chi connectivity index (χ3v) is 4.79. The summed E-state index contributed by atoms with van der Waals surface area (Å²) in [6, 6.07) is 16.6. The van der Waals surface area contributed by atoms with Crippen molar-refractivity contribution >= 4 is 11.6 Å². The summed E-state index contributed by atoms with van der Waals surface area (Å²) < 4.78 is 1.97. The molecule has 0 saturated heterocycles. The van der Waals surface area contributed by atoms with Crippen molar-refractivity contribution in [2.45, 2.75) is 25.8 Å². The maximum atomic E-state index is 4.67. The van der Waals surface area contributed by atoms with Crippen LogP contribution >= 0.6 is 0 Å². The second-order valence-electron chi connectivity index (χ2n) is 6.63. The second kappa shape index (κ2) is 7.56. The van der Waals surface area contributed by atoms with E-state index in [1.165, 1.54) is 12.0 Å². The molecule has 2 atom stereocenters. The van der Waals surface area contributed by atoms with Gasteiger partial charge in [-0.25, -0.2) is 4.99 Å². The van der Waals surface area contributed by atoms with Gasteiger partial charge in [0.05, 0.1) is 0 Å². The molecule has 1 fully saturated rings. The average molecular weight is 348 g/mol. The topological polar surface area (TPSA) is 66.6 Å². The number of benzene rings is 1. The molecule has 2 aromatic heterocycles. The van der Waals surface area contributed by atoms with Gasteiger partial charge in [-0.15, -0.1) is 10.2 Å². The van der Waals surface area contributed by atoms with Gasteiger partial charge in [-0.05, 0) is 42.9 Å². The SMILES string of the molecule is CCNC(=NCc1nnc2ccccn12)NCC1CC1c1ccccc1. The lowest BCUT2D eigenvalue weighted by Crippen LogP contribution is -2.38. The molecular formula is C20H24N6. The summed E-state index contributed by atoms with van der Waals surface area (Å²) in [5.74, 6) is 3.02. The molecule has 3 aromatic rings. The fourth-order valence-corrected chi connectivity index (χ4v) is 3.30. The molecule has 6 nitrogen and oxygen atoms in total. The molecule has 0 aliphatic heterocycles. The summed E-state index contributed by atoms with van der Waals surface area (Å²) >= 11 is 0. The van der Waals surface area contributed by atoms with Crippen molar-refractivity contribution in [2.24, 2.45) is 10.9 Å². The Morgan fingerprint density at radius 2 is 1.96 bits per heavy atom. The molecule has 6 heteroatoms. The highest BCUT2D eigenvalue weighted by Gasteiger charge is 2.37. The molecule has 26 heavy (non-hydrogen) atoms.